The average molecular weight is 349 g/mol. The number of thiazole rings is 1. The molecule has 0 aliphatic carbocycles. The fourth-order valence-corrected chi connectivity index (χ4v) is 2.36. The van der Waals surface area contributed by atoms with Crippen molar-refractivity contribution in [2.24, 2.45) is 0 Å². The van der Waals surface area contributed by atoms with E-state index < -0.39 is 18.5 Å². The van der Waals surface area contributed by atoms with Crippen molar-refractivity contribution in [3.05, 3.63) is 59.4 Å². The van der Waals surface area contributed by atoms with E-state index in [1.807, 2.05) is 0 Å². The van der Waals surface area contributed by atoms with Crippen LogP contribution in [0.3, 0.4) is 0 Å². The van der Waals surface area contributed by atoms with E-state index in [0.717, 1.165) is 5.56 Å². The van der Waals surface area contributed by atoms with Crippen LogP contribution in [0.2, 0.25) is 0 Å². The van der Waals surface area contributed by atoms with Gasteiger partial charge in [-0.05, 0) is 17.7 Å². The standard InChI is InChI=1S/C16H16FN3O3S/c1-2-7-18-16-20-13(10-24-16)15(22)23-9-14(21)19-8-11-3-5-12(17)6-4-11/h2-6,10H,1,7-9H2,(H,18,20)(H,19,21). The first-order valence-corrected chi connectivity index (χ1v) is 7.95. The number of carbonyl (C=O) groups excluding carboxylic acids is 2. The second kappa shape index (κ2) is 8.78. The third-order valence-corrected chi connectivity index (χ3v) is 3.65. The Morgan fingerprint density at radius 2 is 2.08 bits per heavy atom. The number of aromatic nitrogens is 1. The van der Waals surface area contributed by atoms with Crippen LogP contribution in [0, 0.1) is 5.82 Å². The van der Waals surface area contributed by atoms with Gasteiger partial charge in [0, 0.05) is 18.5 Å². The highest BCUT2D eigenvalue weighted by molar-refractivity contribution is 7.13. The normalized spacial score (nSPS) is 10.0. The fraction of sp³-hybridized carbons (Fsp3) is 0.188. The van der Waals surface area contributed by atoms with Gasteiger partial charge in [0.2, 0.25) is 0 Å². The lowest BCUT2D eigenvalue weighted by Gasteiger charge is -2.06. The number of halogens is 1. The Bertz CT molecular complexity index is 716. The molecule has 0 aliphatic rings. The zero-order valence-corrected chi connectivity index (χ0v) is 13.6. The van der Waals surface area contributed by atoms with Crippen molar-refractivity contribution in [3.8, 4) is 0 Å². The maximum atomic E-state index is 12.8. The van der Waals surface area contributed by atoms with Crippen LogP contribution in [0.4, 0.5) is 9.52 Å². The molecule has 0 bridgehead atoms. The molecule has 126 valence electrons. The molecule has 8 heteroatoms. The van der Waals surface area contributed by atoms with E-state index in [-0.39, 0.29) is 18.1 Å². The molecule has 0 radical (unpaired) electrons. The third kappa shape index (κ3) is 5.47. The Hall–Kier alpha value is -2.74. The number of benzene rings is 1. The van der Waals surface area contributed by atoms with E-state index in [9.17, 15) is 14.0 Å². The Morgan fingerprint density at radius 1 is 1.33 bits per heavy atom. The van der Waals surface area contributed by atoms with Crippen molar-refractivity contribution in [2.45, 2.75) is 6.54 Å². The number of esters is 1. The quantitative estimate of drug-likeness (QED) is 0.565. The predicted octanol–water partition coefficient (Wildman–Crippen LogP) is 2.35. The zero-order valence-electron chi connectivity index (χ0n) is 12.8. The van der Waals surface area contributed by atoms with Crippen LogP contribution < -0.4 is 10.6 Å². The number of carbonyl (C=O) groups is 2. The summed E-state index contributed by atoms with van der Waals surface area (Å²) in [5.41, 5.74) is 0.881. The van der Waals surface area contributed by atoms with Gasteiger partial charge in [0.25, 0.3) is 5.91 Å². The molecule has 0 saturated heterocycles. The molecular weight excluding hydrogens is 333 g/mol. The first kappa shape index (κ1) is 17.6. The van der Waals surface area contributed by atoms with Gasteiger partial charge in [-0.2, -0.15) is 0 Å². The molecule has 0 spiro atoms. The number of amides is 1. The molecule has 0 unspecified atom stereocenters. The summed E-state index contributed by atoms with van der Waals surface area (Å²) in [6.45, 7) is 3.92. The van der Waals surface area contributed by atoms with Crippen LogP contribution in [-0.2, 0) is 16.1 Å². The lowest BCUT2D eigenvalue weighted by Crippen LogP contribution is -2.28. The molecule has 0 aliphatic heterocycles. The second-order valence-electron chi connectivity index (χ2n) is 4.69. The summed E-state index contributed by atoms with van der Waals surface area (Å²) >= 11 is 1.26. The summed E-state index contributed by atoms with van der Waals surface area (Å²) in [6.07, 6.45) is 1.67. The van der Waals surface area contributed by atoms with E-state index in [1.54, 1.807) is 23.6 Å². The molecule has 6 nitrogen and oxygen atoms in total. The third-order valence-electron chi connectivity index (χ3n) is 2.85. The minimum atomic E-state index is -0.671. The maximum Gasteiger partial charge on any atom is 0.358 e. The van der Waals surface area contributed by atoms with Crippen molar-refractivity contribution in [3.63, 3.8) is 0 Å². The second-order valence-corrected chi connectivity index (χ2v) is 5.54. The smallest absolute Gasteiger partial charge is 0.358 e. The SMILES string of the molecule is C=CCNc1nc(C(=O)OCC(=O)NCc2ccc(F)cc2)cs1. The molecule has 0 saturated carbocycles. The molecule has 2 aromatic rings. The molecule has 1 amide bonds. The Balaban J connectivity index is 1.74. The number of nitrogens with one attached hydrogen (secondary N) is 2. The first-order valence-electron chi connectivity index (χ1n) is 7.07. The van der Waals surface area contributed by atoms with Crippen molar-refractivity contribution in [1.29, 1.82) is 0 Å². The van der Waals surface area contributed by atoms with Gasteiger partial charge in [-0.1, -0.05) is 18.2 Å². The summed E-state index contributed by atoms with van der Waals surface area (Å²) in [5, 5.41) is 7.65. The summed E-state index contributed by atoms with van der Waals surface area (Å²) in [5.74, 6) is -1.47. The molecule has 2 N–H and O–H groups in total. The molecule has 1 heterocycles. The fourth-order valence-electron chi connectivity index (χ4n) is 1.67. The van der Waals surface area contributed by atoms with Gasteiger partial charge in [0.15, 0.2) is 17.4 Å². The van der Waals surface area contributed by atoms with Gasteiger partial charge in [-0.25, -0.2) is 14.2 Å². The summed E-state index contributed by atoms with van der Waals surface area (Å²) in [7, 11) is 0. The number of rotatable bonds is 8. The minimum absolute atomic E-state index is 0.137. The van der Waals surface area contributed by atoms with Crippen LogP contribution in [0.1, 0.15) is 16.1 Å². The molecule has 2 rings (SSSR count). The van der Waals surface area contributed by atoms with Gasteiger partial charge < -0.3 is 15.4 Å². The molecule has 1 aromatic carbocycles. The van der Waals surface area contributed by atoms with E-state index in [0.29, 0.717) is 11.7 Å². The van der Waals surface area contributed by atoms with Crippen molar-refractivity contribution >= 4 is 28.3 Å². The average Bonchev–Trinajstić information content (AvgIpc) is 3.06. The van der Waals surface area contributed by atoms with Crippen LogP contribution in [-0.4, -0.2) is 30.0 Å². The summed E-state index contributed by atoms with van der Waals surface area (Å²) in [6, 6.07) is 5.74. The maximum absolute atomic E-state index is 12.8. The lowest BCUT2D eigenvalue weighted by atomic mass is 10.2. The van der Waals surface area contributed by atoms with Crippen LogP contribution in [0.5, 0.6) is 0 Å². The van der Waals surface area contributed by atoms with Gasteiger partial charge in [-0.15, -0.1) is 17.9 Å². The summed E-state index contributed by atoms with van der Waals surface area (Å²) < 4.78 is 17.7. The lowest BCUT2D eigenvalue weighted by molar-refractivity contribution is -0.124. The van der Waals surface area contributed by atoms with Gasteiger partial charge >= 0.3 is 5.97 Å². The number of hydrogen-bond donors (Lipinski definition) is 2. The molecule has 24 heavy (non-hydrogen) atoms. The topological polar surface area (TPSA) is 80.3 Å². The molecule has 0 atom stereocenters. The molecule has 1 aromatic heterocycles. The number of ether oxygens (including phenoxy) is 1. The van der Waals surface area contributed by atoms with Gasteiger partial charge in [-0.3, -0.25) is 4.79 Å². The van der Waals surface area contributed by atoms with E-state index in [1.165, 1.54) is 23.5 Å². The van der Waals surface area contributed by atoms with Crippen molar-refractivity contribution in [2.75, 3.05) is 18.5 Å². The largest absolute Gasteiger partial charge is 0.451 e. The van der Waals surface area contributed by atoms with E-state index in [4.69, 9.17) is 4.74 Å². The van der Waals surface area contributed by atoms with Crippen molar-refractivity contribution in [1.82, 2.24) is 10.3 Å². The Labute approximate surface area is 142 Å². The highest BCUT2D eigenvalue weighted by Gasteiger charge is 2.14. The van der Waals surface area contributed by atoms with E-state index in [2.05, 4.69) is 22.2 Å². The minimum Gasteiger partial charge on any atom is -0.451 e. The van der Waals surface area contributed by atoms with Gasteiger partial charge in [0.1, 0.15) is 5.82 Å². The van der Waals surface area contributed by atoms with Gasteiger partial charge in [0.05, 0.1) is 0 Å². The number of anilines is 1. The van der Waals surface area contributed by atoms with Crippen LogP contribution >= 0.6 is 11.3 Å². The van der Waals surface area contributed by atoms with Crippen LogP contribution in [0.15, 0.2) is 42.3 Å². The Morgan fingerprint density at radius 3 is 2.79 bits per heavy atom. The Kier molecular flexibility index (Phi) is 6.44. The van der Waals surface area contributed by atoms with Crippen molar-refractivity contribution < 1.29 is 18.7 Å². The highest BCUT2D eigenvalue weighted by atomic mass is 32.1. The molecule has 0 fully saturated rings. The number of hydrogen-bond acceptors (Lipinski definition) is 6. The zero-order chi connectivity index (χ0) is 17.4. The predicted molar refractivity (Wildman–Crippen MR) is 89.3 cm³/mol. The molecular formula is C16H16FN3O3S. The highest BCUT2D eigenvalue weighted by Crippen LogP contribution is 2.15. The van der Waals surface area contributed by atoms with E-state index >= 15 is 0 Å². The van der Waals surface area contributed by atoms with Crippen LogP contribution in [0.25, 0.3) is 0 Å². The summed E-state index contributed by atoms with van der Waals surface area (Å²) in [4.78, 5) is 27.5. The first-order chi connectivity index (χ1) is 11.6. The monoisotopic (exact) mass is 349 g/mol. The number of nitrogens with zero attached hydrogens (tertiary/aromatic N) is 1.